The Kier molecular flexibility index (Phi) is 8.38. The van der Waals surface area contributed by atoms with Crippen LogP contribution >= 0.6 is 23.2 Å². The highest BCUT2D eigenvalue weighted by Gasteiger charge is 2.43. The number of nitrogens with zero attached hydrogens (tertiary/aromatic N) is 4. The first-order valence-corrected chi connectivity index (χ1v) is 15.4. The van der Waals surface area contributed by atoms with Crippen LogP contribution in [0.5, 0.6) is 5.88 Å². The van der Waals surface area contributed by atoms with E-state index in [1.807, 2.05) is 30.3 Å². The summed E-state index contributed by atoms with van der Waals surface area (Å²) in [7, 11) is -4.43. The number of carbonyl (C=O) groups is 1. The highest BCUT2D eigenvalue weighted by atomic mass is 35.5. The quantitative estimate of drug-likeness (QED) is 0.185. The summed E-state index contributed by atoms with van der Waals surface area (Å²) in [6.07, 6.45) is 1.77. The fourth-order valence-electron chi connectivity index (χ4n) is 4.76. The van der Waals surface area contributed by atoms with Gasteiger partial charge in [-0.3, -0.25) is 8.87 Å². The Balaban J connectivity index is 1.52. The van der Waals surface area contributed by atoms with Gasteiger partial charge in [0.1, 0.15) is 12.6 Å². The Morgan fingerprint density at radius 1 is 0.953 bits per heavy atom. The largest absolute Gasteiger partial charge is 0.480 e. The van der Waals surface area contributed by atoms with Crippen LogP contribution in [-0.4, -0.2) is 40.3 Å². The van der Waals surface area contributed by atoms with Crippen LogP contribution in [-0.2, 0) is 21.4 Å². The van der Waals surface area contributed by atoms with Crippen LogP contribution in [0.4, 0.5) is 5.69 Å². The molecule has 1 unspecified atom stereocenters. The molecule has 0 saturated carbocycles. The second-order valence-electron chi connectivity index (χ2n) is 10.9. The van der Waals surface area contributed by atoms with E-state index in [-0.39, 0.29) is 20.6 Å². The van der Waals surface area contributed by atoms with Gasteiger partial charge >= 0.3 is 5.97 Å². The summed E-state index contributed by atoms with van der Waals surface area (Å²) in [6, 6.07) is 22.3. The first-order chi connectivity index (χ1) is 20.3. The predicted molar refractivity (Wildman–Crippen MR) is 167 cm³/mol. The van der Waals surface area contributed by atoms with Gasteiger partial charge in [-0.2, -0.15) is 0 Å². The third-order valence-corrected chi connectivity index (χ3v) is 8.92. The molecule has 43 heavy (non-hydrogen) atoms. The Bertz CT molecular complexity index is 1870. The number of carboxylic acids is 1. The second-order valence-corrected chi connectivity index (χ2v) is 13.6. The summed E-state index contributed by atoms with van der Waals surface area (Å²) in [6.45, 7) is 5.36. The minimum Gasteiger partial charge on any atom is -0.480 e. The van der Waals surface area contributed by atoms with E-state index in [4.69, 9.17) is 27.9 Å². The van der Waals surface area contributed by atoms with Crippen LogP contribution in [0.25, 0.3) is 16.7 Å². The number of sulfonamides is 1. The van der Waals surface area contributed by atoms with Crippen LogP contribution < -0.4 is 9.04 Å². The fraction of sp³-hybridized carbons (Fsp3) is 0.194. The van der Waals surface area contributed by atoms with E-state index in [0.29, 0.717) is 29.2 Å². The van der Waals surface area contributed by atoms with Gasteiger partial charge in [0.2, 0.25) is 5.88 Å². The van der Waals surface area contributed by atoms with Crippen molar-refractivity contribution in [3.8, 4) is 11.7 Å². The molecule has 0 aliphatic heterocycles. The Labute approximate surface area is 259 Å². The molecule has 0 fully saturated rings. The van der Waals surface area contributed by atoms with Crippen LogP contribution in [0.1, 0.15) is 26.3 Å². The molecule has 2 heterocycles. The van der Waals surface area contributed by atoms with Gasteiger partial charge in [0.05, 0.1) is 16.1 Å². The number of hydrogen-bond acceptors (Lipinski definition) is 6. The van der Waals surface area contributed by atoms with E-state index in [0.717, 1.165) is 9.87 Å². The standard InChI is InChI=1S/C31H28Cl2N4O5S/c1-31(2,3)29(30(38)39)37(43(40,41)25-17-22(32)16-23(33)18-25)24-9-10-26-21(15-24)13-14-36(26)27-11-12-28(35-34-27)42-19-20-7-5-4-6-8-20/h4-18,29H,19H2,1-3H3,(H,38,39). The molecule has 3 aromatic carbocycles. The van der Waals surface area contributed by atoms with Gasteiger partial charge in [-0.1, -0.05) is 74.3 Å². The number of halogens is 2. The zero-order valence-corrected chi connectivity index (χ0v) is 25.8. The molecule has 0 bridgehead atoms. The summed E-state index contributed by atoms with van der Waals surface area (Å²) < 4.78 is 36.6. The number of aromatic nitrogens is 3. The Morgan fingerprint density at radius 2 is 1.65 bits per heavy atom. The number of rotatable bonds is 9. The maximum absolute atomic E-state index is 14.1. The van der Waals surface area contributed by atoms with Gasteiger partial charge < -0.3 is 9.84 Å². The molecule has 0 spiro atoms. The van der Waals surface area contributed by atoms with Gasteiger partial charge in [-0.25, -0.2) is 13.2 Å². The summed E-state index contributed by atoms with van der Waals surface area (Å²) in [5.74, 6) is -0.409. The van der Waals surface area contributed by atoms with Crippen molar-refractivity contribution in [3.63, 3.8) is 0 Å². The molecule has 0 aliphatic carbocycles. The van der Waals surface area contributed by atoms with Crippen LogP contribution in [0.3, 0.4) is 0 Å². The van der Waals surface area contributed by atoms with Crippen molar-refractivity contribution in [2.75, 3.05) is 4.31 Å². The topological polar surface area (TPSA) is 115 Å². The summed E-state index contributed by atoms with van der Waals surface area (Å²) in [5.41, 5.74) is 0.898. The molecular weight excluding hydrogens is 611 g/mol. The van der Waals surface area contributed by atoms with Crippen molar-refractivity contribution in [1.29, 1.82) is 0 Å². The van der Waals surface area contributed by atoms with Crippen molar-refractivity contribution < 1.29 is 23.1 Å². The van der Waals surface area contributed by atoms with Crippen LogP contribution in [0, 0.1) is 5.41 Å². The van der Waals surface area contributed by atoms with Crippen molar-refractivity contribution in [3.05, 3.63) is 107 Å². The number of ether oxygens (including phenoxy) is 1. The van der Waals surface area contributed by atoms with E-state index < -0.39 is 27.4 Å². The second kappa shape index (κ2) is 11.9. The maximum atomic E-state index is 14.1. The minimum absolute atomic E-state index is 0.110. The van der Waals surface area contributed by atoms with Gasteiger partial charge in [0.15, 0.2) is 5.82 Å². The molecule has 9 nitrogen and oxygen atoms in total. The van der Waals surface area contributed by atoms with Crippen LogP contribution in [0.2, 0.25) is 10.0 Å². The molecule has 1 N–H and O–H groups in total. The SMILES string of the molecule is CC(C)(C)C(C(=O)O)N(c1ccc2c(ccn2-c2ccc(OCc3ccccc3)nn2)c1)S(=O)(=O)c1cc(Cl)cc(Cl)c1. The van der Waals surface area contributed by atoms with Crippen molar-refractivity contribution in [2.24, 2.45) is 5.41 Å². The lowest BCUT2D eigenvalue weighted by molar-refractivity contribution is -0.140. The zero-order chi connectivity index (χ0) is 30.9. The first kappa shape index (κ1) is 30.3. The lowest BCUT2D eigenvalue weighted by Gasteiger charge is -2.37. The van der Waals surface area contributed by atoms with E-state index in [1.165, 1.54) is 18.2 Å². The molecule has 5 aromatic rings. The number of anilines is 1. The number of fused-ring (bicyclic) bond motifs is 1. The van der Waals surface area contributed by atoms with Crippen LogP contribution in [0.15, 0.2) is 96.0 Å². The number of benzene rings is 3. The molecular formula is C31H28Cl2N4O5S. The van der Waals surface area contributed by atoms with Gasteiger partial charge in [-0.15, -0.1) is 10.2 Å². The lowest BCUT2D eigenvalue weighted by atomic mass is 9.86. The molecule has 0 radical (unpaired) electrons. The molecule has 2 aromatic heterocycles. The first-order valence-electron chi connectivity index (χ1n) is 13.2. The lowest BCUT2D eigenvalue weighted by Crippen LogP contribution is -2.52. The molecule has 0 amide bonds. The normalized spacial score (nSPS) is 12.7. The zero-order valence-electron chi connectivity index (χ0n) is 23.5. The monoisotopic (exact) mass is 638 g/mol. The molecule has 222 valence electrons. The number of aliphatic carboxylic acids is 1. The number of hydrogen-bond donors (Lipinski definition) is 1. The van der Waals surface area contributed by atoms with Crippen molar-refractivity contribution in [2.45, 2.75) is 38.3 Å². The molecule has 5 rings (SSSR count). The third-order valence-electron chi connectivity index (χ3n) is 6.71. The van der Waals surface area contributed by atoms with Gasteiger partial charge in [-0.05, 0) is 59.5 Å². The third kappa shape index (κ3) is 6.46. The molecule has 1 atom stereocenters. The van der Waals surface area contributed by atoms with E-state index in [2.05, 4.69) is 10.2 Å². The Morgan fingerprint density at radius 3 is 2.26 bits per heavy atom. The highest BCUT2D eigenvalue weighted by molar-refractivity contribution is 7.93. The fourth-order valence-corrected chi connectivity index (χ4v) is 7.27. The average molecular weight is 640 g/mol. The minimum atomic E-state index is -4.43. The summed E-state index contributed by atoms with van der Waals surface area (Å²) in [5, 5.41) is 19.6. The van der Waals surface area contributed by atoms with Gasteiger partial charge in [0, 0.05) is 27.7 Å². The van der Waals surface area contributed by atoms with E-state index in [1.54, 1.807) is 67.9 Å². The summed E-state index contributed by atoms with van der Waals surface area (Å²) in [4.78, 5) is 12.4. The molecule has 12 heteroatoms. The smallest absolute Gasteiger partial charge is 0.328 e. The van der Waals surface area contributed by atoms with Crippen molar-refractivity contribution in [1.82, 2.24) is 14.8 Å². The summed E-state index contributed by atoms with van der Waals surface area (Å²) >= 11 is 12.3. The van der Waals surface area contributed by atoms with E-state index in [9.17, 15) is 18.3 Å². The maximum Gasteiger partial charge on any atom is 0.328 e. The molecule has 0 saturated heterocycles. The van der Waals surface area contributed by atoms with Gasteiger partial charge in [0.25, 0.3) is 10.0 Å². The highest BCUT2D eigenvalue weighted by Crippen LogP contribution is 2.37. The predicted octanol–water partition coefficient (Wildman–Crippen LogP) is 7.00. The Hall–Kier alpha value is -4.12. The average Bonchev–Trinajstić information content (AvgIpc) is 3.37. The van der Waals surface area contributed by atoms with E-state index >= 15 is 0 Å². The molecule has 0 aliphatic rings. The van der Waals surface area contributed by atoms with Crippen molar-refractivity contribution >= 4 is 55.8 Å². The number of carboxylic acid groups (broad SMARTS) is 1.